The fraction of sp³-hybridized carbons (Fsp3) is 0.238. The summed E-state index contributed by atoms with van der Waals surface area (Å²) in [6.07, 6.45) is 2.05. The molecule has 2 amide bonds. The average molecular weight is 363 g/mol. The zero-order valence-electron chi connectivity index (χ0n) is 15.2. The van der Waals surface area contributed by atoms with Crippen LogP contribution in [0.2, 0.25) is 0 Å². The van der Waals surface area contributed by atoms with Crippen molar-refractivity contribution >= 4 is 28.4 Å². The number of aromatic amines is 1. The molecule has 2 atom stereocenters. The number of amides is 2. The minimum Gasteiger partial charge on any atom is -0.497 e. The largest absolute Gasteiger partial charge is 0.497 e. The zero-order valence-corrected chi connectivity index (χ0v) is 15.2. The Kier molecular flexibility index (Phi) is 4.32. The number of hydrogen-bond donors (Lipinski definition) is 2. The number of rotatable bonds is 4. The summed E-state index contributed by atoms with van der Waals surface area (Å²) in [7, 11) is 3.34. The van der Waals surface area contributed by atoms with Crippen molar-refractivity contribution in [2.75, 3.05) is 19.5 Å². The van der Waals surface area contributed by atoms with Crippen LogP contribution in [0.4, 0.5) is 5.69 Å². The van der Waals surface area contributed by atoms with Gasteiger partial charge in [0.15, 0.2) is 0 Å². The van der Waals surface area contributed by atoms with Crippen molar-refractivity contribution in [3.8, 4) is 5.75 Å². The Morgan fingerprint density at radius 2 is 2.07 bits per heavy atom. The Balaban J connectivity index is 1.61. The van der Waals surface area contributed by atoms with E-state index in [4.69, 9.17) is 4.74 Å². The number of carbonyl (C=O) groups is 2. The van der Waals surface area contributed by atoms with Crippen molar-refractivity contribution in [1.29, 1.82) is 0 Å². The highest BCUT2D eigenvalue weighted by atomic mass is 16.5. The van der Waals surface area contributed by atoms with Crippen LogP contribution in [-0.4, -0.2) is 35.9 Å². The lowest BCUT2D eigenvalue weighted by atomic mass is 9.92. The summed E-state index contributed by atoms with van der Waals surface area (Å²) < 4.78 is 5.29. The van der Waals surface area contributed by atoms with E-state index in [1.165, 1.54) is 0 Å². The Hall–Kier alpha value is -3.28. The van der Waals surface area contributed by atoms with E-state index in [1.807, 2.05) is 54.7 Å². The molecule has 0 unspecified atom stereocenters. The summed E-state index contributed by atoms with van der Waals surface area (Å²) >= 11 is 0. The number of aromatic nitrogens is 1. The van der Waals surface area contributed by atoms with E-state index < -0.39 is 5.92 Å². The lowest BCUT2D eigenvalue weighted by Gasteiger charge is -2.25. The van der Waals surface area contributed by atoms with Gasteiger partial charge in [0.1, 0.15) is 5.75 Å². The Morgan fingerprint density at radius 1 is 1.22 bits per heavy atom. The van der Waals surface area contributed by atoms with Gasteiger partial charge < -0.3 is 19.9 Å². The smallest absolute Gasteiger partial charge is 0.230 e. The van der Waals surface area contributed by atoms with Gasteiger partial charge in [0.2, 0.25) is 11.8 Å². The van der Waals surface area contributed by atoms with Crippen LogP contribution in [0.5, 0.6) is 5.75 Å². The van der Waals surface area contributed by atoms with Crippen molar-refractivity contribution in [3.05, 3.63) is 60.3 Å². The molecule has 2 aromatic carbocycles. The number of methoxy groups -OCH3 is 1. The Bertz CT molecular complexity index is 1010. The molecule has 0 saturated carbocycles. The first-order valence-corrected chi connectivity index (χ1v) is 8.84. The first-order valence-electron chi connectivity index (χ1n) is 8.84. The number of benzene rings is 2. The summed E-state index contributed by atoms with van der Waals surface area (Å²) in [6.45, 7) is 0. The predicted octanol–water partition coefficient (Wildman–Crippen LogP) is 3.33. The minimum absolute atomic E-state index is 0.0379. The number of ether oxygens (including phenoxy) is 1. The van der Waals surface area contributed by atoms with Crippen molar-refractivity contribution in [3.63, 3.8) is 0 Å². The first kappa shape index (κ1) is 17.1. The number of hydrogen-bond acceptors (Lipinski definition) is 3. The van der Waals surface area contributed by atoms with Crippen LogP contribution in [0.15, 0.2) is 54.7 Å². The molecule has 0 aliphatic carbocycles. The number of nitrogens with one attached hydrogen (secondary N) is 2. The zero-order chi connectivity index (χ0) is 19.0. The Morgan fingerprint density at radius 3 is 2.89 bits per heavy atom. The third-order valence-corrected chi connectivity index (χ3v) is 5.18. The van der Waals surface area contributed by atoms with Crippen LogP contribution in [-0.2, 0) is 9.59 Å². The molecule has 4 rings (SSSR count). The molecule has 3 aromatic rings. The third kappa shape index (κ3) is 3.14. The molecule has 2 N–H and O–H groups in total. The standard InChI is InChI=1S/C21H21N3O3/c1-24-19(25)12-17(20(24)14-4-3-5-16(11-14)27-2)21(26)23-15-6-7-18-13(10-15)8-9-22-18/h3-11,17,20,22H,12H2,1-2H3,(H,23,26)/t17-,20+/m1/s1. The van der Waals surface area contributed by atoms with E-state index in [-0.39, 0.29) is 24.3 Å². The summed E-state index contributed by atoms with van der Waals surface area (Å²) in [5.74, 6) is 0.0494. The average Bonchev–Trinajstić information content (AvgIpc) is 3.26. The van der Waals surface area contributed by atoms with Gasteiger partial charge in [-0.15, -0.1) is 0 Å². The number of anilines is 1. The maximum atomic E-state index is 13.0. The van der Waals surface area contributed by atoms with Crippen molar-refractivity contribution in [1.82, 2.24) is 9.88 Å². The minimum atomic E-state index is -0.462. The summed E-state index contributed by atoms with van der Waals surface area (Å²) in [4.78, 5) is 30.1. The molecule has 0 bridgehead atoms. The second kappa shape index (κ2) is 6.79. The molecule has 0 spiro atoms. The lowest BCUT2D eigenvalue weighted by Crippen LogP contribution is -2.30. The first-order chi connectivity index (χ1) is 13.1. The molecule has 2 heterocycles. The number of likely N-dealkylation sites (tertiary alicyclic amines) is 1. The summed E-state index contributed by atoms with van der Waals surface area (Å²) in [6, 6.07) is 14.9. The van der Waals surface area contributed by atoms with Gasteiger partial charge in [-0.25, -0.2) is 0 Å². The topological polar surface area (TPSA) is 74.4 Å². The van der Waals surface area contributed by atoms with Crippen molar-refractivity contribution < 1.29 is 14.3 Å². The van der Waals surface area contributed by atoms with Crippen LogP contribution < -0.4 is 10.1 Å². The van der Waals surface area contributed by atoms with E-state index in [1.54, 1.807) is 19.1 Å². The van der Waals surface area contributed by atoms with Gasteiger partial charge >= 0.3 is 0 Å². The van der Waals surface area contributed by atoms with Crippen molar-refractivity contribution in [2.45, 2.75) is 12.5 Å². The summed E-state index contributed by atoms with van der Waals surface area (Å²) in [5, 5.41) is 4.00. The van der Waals surface area contributed by atoms with Crippen molar-refractivity contribution in [2.24, 2.45) is 5.92 Å². The van der Waals surface area contributed by atoms with Gasteiger partial charge in [-0.2, -0.15) is 0 Å². The molecule has 1 aliphatic heterocycles. The molecular formula is C21H21N3O3. The molecule has 0 radical (unpaired) electrons. The van der Waals surface area contributed by atoms with Gasteiger partial charge in [-0.1, -0.05) is 12.1 Å². The molecule has 1 saturated heterocycles. The highest BCUT2D eigenvalue weighted by Gasteiger charge is 2.42. The molecule has 1 aromatic heterocycles. The maximum absolute atomic E-state index is 13.0. The molecule has 1 fully saturated rings. The number of H-pyrrole nitrogens is 1. The SMILES string of the molecule is COc1cccc([C@H]2[C@H](C(=O)Nc3ccc4[nH]ccc4c3)CC(=O)N2C)c1. The second-order valence-corrected chi connectivity index (χ2v) is 6.81. The second-order valence-electron chi connectivity index (χ2n) is 6.81. The van der Waals surface area contributed by atoms with Crippen LogP contribution in [0, 0.1) is 5.92 Å². The predicted molar refractivity (Wildman–Crippen MR) is 104 cm³/mol. The highest BCUT2D eigenvalue weighted by Crippen LogP contribution is 2.38. The van der Waals surface area contributed by atoms with E-state index in [9.17, 15) is 9.59 Å². The monoisotopic (exact) mass is 363 g/mol. The van der Waals surface area contributed by atoms with Crippen LogP contribution in [0.3, 0.4) is 0 Å². The van der Waals surface area contributed by atoms with E-state index in [0.717, 1.165) is 22.2 Å². The number of carbonyl (C=O) groups excluding carboxylic acids is 2. The van der Waals surface area contributed by atoms with Crippen LogP contribution >= 0.6 is 0 Å². The quantitative estimate of drug-likeness (QED) is 0.747. The fourth-order valence-corrected chi connectivity index (χ4v) is 3.75. The third-order valence-electron chi connectivity index (χ3n) is 5.18. The molecule has 1 aliphatic rings. The fourth-order valence-electron chi connectivity index (χ4n) is 3.75. The van der Waals surface area contributed by atoms with E-state index in [2.05, 4.69) is 10.3 Å². The lowest BCUT2D eigenvalue weighted by molar-refractivity contribution is -0.127. The van der Waals surface area contributed by atoms with E-state index in [0.29, 0.717) is 5.75 Å². The van der Waals surface area contributed by atoms with Gasteiger partial charge in [0.05, 0.1) is 19.1 Å². The molecule has 6 nitrogen and oxygen atoms in total. The molecule has 138 valence electrons. The highest BCUT2D eigenvalue weighted by molar-refractivity contribution is 5.99. The number of fused-ring (bicyclic) bond motifs is 1. The van der Waals surface area contributed by atoms with Crippen LogP contribution in [0.25, 0.3) is 10.9 Å². The van der Waals surface area contributed by atoms with Gasteiger partial charge in [0, 0.05) is 36.3 Å². The maximum Gasteiger partial charge on any atom is 0.230 e. The molecule has 27 heavy (non-hydrogen) atoms. The number of nitrogens with zero attached hydrogens (tertiary/aromatic N) is 1. The molecule has 6 heteroatoms. The van der Waals surface area contributed by atoms with Gasteiger partial charge in [-0.05, 0) is 42.0 Å². The molecular weight excluding hydrogens is 342 g/mol. The van der Waals surface area contributed by atoms with E-state index >= 15 is 0 Å². The Labute approximate surface area is 157 Å². The van der Waals surface area contributed by atoms with Crippen LogP contribution in [0.1, 0.15) is 18.0 Å². The normalized spacial score (nSPS) is 19.5. The van der Waals surface area contributed by atoms with Gasteiger partial charge in [0.25, 0.3) is 0 Å². The van der Waals surface area contributed by atoms with Gasteiger partial charge in [-0.3, -0.25) is 9.59 Å². The summed E-state index contributed by atoms with van der Waals surface area (Å²) in [5.41, 5.74) is 2.63.